The lowest BCUT2D eigenvalue weighted by molar-refractivity contribution is -0.144. The van der Waals surface area contributed by atoms with Crippen molar-refractivity contribution >= 4 is 17.8 Å². The average molecular weight is 240 g/mol. The number of carbonyl (C=O) groups excluding carboxylic acids is 2. The van der Waals surface area contributed by atoms with Crippen LogP contribution < -0.4 is 10.6 Å². The second-order valence-electron chi connectivity index (χ2n) is 3.62. The van der Waals surface area contributed by atoms with Gasteiger partial charge in [-0.05, 0) is 12.8 Å². The third-order valence-corrected chi connectivity index (χ3v) is 2.10. The zero-order valence-electron chi connectivity index (χ0n) is 9.87. The summed E-state index contributed by atoms with van der Waals surface area (Å²) in [7, 11) is 0. The van der Waals surface area contributed by atoms with Crippen molar-refractivity contribution in [3.05, 3.63) is 0 Å². The molecule has 0 aliphatic carbocycles. The highest BCUT2D eigenvalue weighted by Crippen LogP contribution is 2.12. The third kappa shape index (κ3) is 5.02. The van der Waals surface area contributed by atoms with E-state index in [4.69, 9.17) is 11.5 Å². The molecule has 0 rings (SSSR count). The fourth-order valence-corrected chi connectivity index (χ4v) is 1.31. The van der Waals surface area contributed by atoms with Crippen LogP contribution in [0.2, 0.25) is 0 Å². The molecule has 0 saturated carbocycles. The smallest absolute Gasteiger partial charge is 0.342 e. The molecule has 1 unspecified atom stereocenters. The van der Waals surface area contributed by atoms with E-state index in [0.717, 1.165) is 0 Å². The number of amides is 2. The quantitative estimate of drug-likeness (QED) is 0.430. The highest BCUT2D eigenvalue weighted by molar-refractivity contribution is 5.89. The van der Waals surface area contributed by atoms with Crippen molar-refractivity contribution in [1.82, 2.24) is 10.6 Å². The molecule has 2 amide bonds. The molecule has 0 aliphatic heterocycles. The Kier molecular flexibility index (Phi) is 5.75. The molecule has 0 aromatic carbocycles. The molecule has 0 bridgehead atoms. The minimum absolute atomic E-state index is 0.0543. The molecule has 6 heteroatoms. The van der Waals surface area contributed by atoms with Crippen LogP contribution in [0.15, 0.2) is 0 Å². The van der Waals surface area contributed by atoms with E-state index in [-0.39, 0.29) is 12.3 Å². The van der Waals surface area contributed by atoms with Crippen molar-refractivity contribution in [2.24, 2.45) is 0 Å². The van der Waals surface area contributed by atoms with Gasteiger partial charge in [-0.15, -0.1) is 6.42 Å². The lowest BCUT2D eigenvalue weighted by Gasteiger charge is -2.24. The minimum Gasteiger partial charge on any atom is -0.479 e. The van der Waals surface area contributed by atoms with Crippen molar-refractivity contribution in [2.75, 3.05) is 6.54 Å². The standard InChI is InChI=1S/C11H16N2O4/c1-4-11(10(16)17,13-9(3)15)6-5-7-12-8(2)14/h1H,5-7H2,2-3H3,(H,12,14)(H,13,15)(H,16,17). The predicted molar refractivity (Wildman–Crippen MR) is 60.9 cm³/mol. The highest BCUT2D eigenvalue weighted by atomic mass is 16.4. The fourth-order valence-electron chi connectivity index (χ4n) is 1.31. The molecule has 0 aliphatic rings. The van der Waals surface area contributed by atoms with Crippen LogP contribution in [0, 0.1) is 12.3 Å². The summed E-state index contributed by atoms with van der Waals surface area (Å²) in [6.45, 7) is 2.87. The summed E-state index contributed by atoms with van der Waals surface area (Å²) in [4.78, 5) is 32.6. The van der Waals surface area contributed by atoms with Gasteiger partial charge in [0.05, 0.1) is 0 Å². The largest absolute Gasteiger partial charge is 0.479 e. The topological polar surface area (TPSA) is 95.5 Å². The first-order chi connectivity index (χ1) is 7.84. The Balaban J connectivity index is 4.50. The van der Waals surface area contributed by atoms with Gasteiger partial charge in [-0.25, -0.2) is 4.79 Å². The van der Waals surface area contributed by atoms with Crippen molar-refractivity contribution in [3.8, 4) is 12.3 Å². The summed E-state index contributed by atoms with van der Waals surface area (Å²) in [5.74, 6) is 0.0987. The van der Waals surface area contributed by atoms with Crippen molar-refractivity contribution in [1.29, 1.82) is 0 Å². The summed E-state index contributed by atoms with van der Waals surface area (Å²) >= 11 is 0. The van der Waals surface area contributed by atoms with Crippen LogP contribution >= 0.6 is 0 Å². The van der Waals surface area contributed by atoms with Crippen LogP contribution in [0.4, 0.5) is 0 Å². The molecule has 0 spiro atoms. The number of carboxylic acid groups (broad SMARTS) is 1. The van der Waals surface area contributed by atoms with E-state index in [1.54, 1.807) is 0 Å². The molecule has 0 saturated heterocycles. The number of aliphatic carboxylic acids is 1. The van der Waals surface area contributed by atoms with E-state index in [9.17, 15) is 14.4 Å². The molecule has 0 aromatic rings. The van der Waals surface area contributed by atoms with Gasteiger partial charge in [-0.3, -0.25) is 9.59 Å². The Labute approximate surface area is 99.8 Å². The second kappa shape index (κ2) is 6.53. The van der Waals surface area contributed by atoms with E-state index in [0.29, 0.717) is 13.0 Å². The fraction of sp³-hybridized carbons (Fsp3) is 0.545. The van der Waals surface area contributed by atoms with Crippen molar-refractivity contribution < 1.29 is 19.5 Å². The summed E-state index contributed by atoms with van der Waals surface area (Å²) in [5.41, 5.74) is -1.70. The number of hydrogen-bond acceptors (Lipinski definition) is 3. The zero-order valence-corrected chi connectivity index (χ0v) is 9.87. The molecule has 6 nitrogen and oxygen atoms in total. The first-order valence-electron chi connectivity index (χ1n) is 5.08. The van der Waals surface area contributed by atoms with E-state index < -0.39 is 17.4 Å². The SMILES string of the molecule is C#CC(CCCNC(C)=O)(NC(C)=O)C(=O)O. The maximum absolute atomic E-state index is 11.1. The first kappa shape index (κ1) is 15.0. The highest BCUT2D eigenvalue weighted by Gasteiger charge is 2.36. The van der Waals surface area contributed by atoms with Gasteiger partial charge >= 0.3 is 5.97 Å². The van der Waals surface area contributed by atoms with Gasteiger partial charge in [0, 0.05) is 20.4 Å². The minimum atomic E-state index is -1.70. The molecule has 17 heavy (non-hydrogen) atoms. The van der Waals surface area contributed by atoms with Gasteiger partial charge in [0.1, 0.15) is 0 Å². The Morgan fingerprint density at radius 1 is 1.29 bits per heavy atom. The van der Waals surface area contributed by atoms with Crippen molar-refractivity contribution in [3.63, 3.8) is 0 Å². The van der Waals surface area contributed by atoms with E-state index in [1.807, 2.05) is 0 Å². The summed E-state index contributed by atoms with van der Waals surface area (Å²) in [6, 6.07) is 0. The predicted octanol–water partition coefficient (Wildman–Crippen LogP) is -0.505. The first-order valence-corrected chi connectivity index (χ1v) is 5.08. The van der Waals surface area contributed by atoms with E-state index in [2.05, 4.69) is 16.6 Å². The molecule has 0 heterocycles. The van der Waals surface area contributed by atoms with Crippen LogP contribution in [0.3, 0.4) is 0 Å². The molecular weight excluding hydrogens is 224 g/mol. The third-order valence-electron chi connectivity index (χ3n) is 2.10. The Morgan fingerprint density at radius 3 is 2.24 bits per heavy atom. The van der Waals surface area contributed by atoms with Crippen molar-refractivity contribution in [2.45, 2.75) is 32.2 Å². The van der Waals surface area contributed by atoms with Gasteiger partial charge < -0.3 is 15.7 Å². The molecule has 0 radical (unpaired) electrons. The molecule has 94 valence electrons. The zero-order chi connectivity index (χ0) is 13.5. The molecular formula is C11H16N2O4. The van der Waals surface area contributed by atoms with Gasteiger partial charge in [0.25, 0.3) is 0 Å². The van der Waals surface area contributed by atoms with E-state index in [1.165, 1.54) is 13.8 Å². The van der Waals surface area contributed by atoms with Crippen LogP contribution in [-0.4, -0.2) is 35.0 Å². The maximum atomic E-state index is 11.1. The van der Waals surface area contributed by atoms with Gasteiger partial charge in [0.2, 0.25) is 11.8 Å². The normalized spacial score (nSPS) is 13.0. The molecule has 3 N–H and O–H groups in total. The van der Waals surface area contributed by atoms with Crippen LogP contribution in [-0.2, 0) is 14.4 Å². The Hall–Kier alpha value is -2.03. The Bertz CT molecular complexity index is 359. The average Bonchev–Trinajstić information content (AvgIpc) is 2.21. The molecule has 0 aromatic heterocycles. The van der Waals surface area contributed by atoms with Crippen LogP contribution in [0.1, 0.15) is 26.7 Å². The molecule has 0 fully saturated rings. The molecule has 1 atom stereocenters. The summed E-state index contributed by atoms with van der Waals surface area (Å²) < 4.78 is 0. The lowest BCUT2D eigenvalue weighted by Crippen LogP contribution is -2.53. The van der Waals surface area contributed by atoms with Gasteiger partial charge in [-0.1, -0.05) is 5.92 Å². The second-order valence-corrected chi connectivity index (χ2v) is 3.62. The number of hydrogen-bond donors (Lipinski definition) is 3. The maximum Gasteiger partial charge on any atom is 0.342 e. The number of carbonyl (C=O) groups is 3. The monoisotopic (exact) mass is 240 g/mol. The number of rotatable bonds is 6. The van der Waals surface area contributed by atoms with Gasteiger partial charge in [-0.2, -0.15) is 0 Å². The number of terminal acetylenes is 1. The van der Waals surface area contributed by atoms with Gasteiger partial charge in [0.15, 0.2) is 5.54 Å². The van der Waals surface area contributed by atoms with E-state index >= 15 is 0 Å². The Morgan fingerprint density at radius 2 is 1.88 bits per heavy atom. The number of nitrogens with one attached hydrogen (secondary N) is 2. The van der Waals surface area contributed by atoms with Crippen LogP contribution in [0.25, 0.3) is 0 Å². The number of carboxylic acids is 1. The lowest BCUT2D eigenvalue weighted by atomic mass is 9.94. The summed E-state index contributed by atoms with van der Waals surface area (Å²) in [5, 5.41) is 13.8. The van der Waals surface area contributed by atoms with Crippen LogP contribution in [0.5, 0.6) is 0 Å². The summed E-state index contributed by atoms with van der Waals surface area (Å²) in [6.07, 6.45) is 5.58.